The molecule has 6 nitrogen and oxygen atoms in total. The number of hydrogen-bond donors (Lipinski definition) is 2. The Bertz CT molecular complexity index is 814. The van der Waals surface area contributed by atoms with Crippen molar-refractivity contribution in [3.63, 3.8) is 0 Å². The number of nitrogens with zero attached hydrogens (tertiary/aromatic N) is 1. The Kier molecular flexibility index (Phi) is 7.02. The lowest BCUT2D eigenvalue weighted by Gasteiger charge is -2.30. The molecule has 28 heavy (non-hydrogen) atoms. The lowest BCUT2D eigenvalue weighted by Crippen LogP contribution is -2.39. The van der Waals surface area contributed by atoms with Crippen molar-refractivity contribution in [2.75, 3.05) is 19.6 Å². The lowest BCUT2D eigenvalue weighted by molar-refractivity contribution is 0.0663. The molecule has 156 valence electrons. The van der Waals surface area contributed by atoms with Gasteiger partial charge in [0.2, 0.25) is 10.0 Å². The molecule has 1 saturated heterocycles. The number of rotatable bonds is 5. The molecule has 1 heterocycles. The lowest BCUT2D eigenvalue weighted by atomic mass is 9.86. The van der Waals surface area contributed by atoms with Crippen LogP contribution in [0.4, 0.5) is 0 Å². The van der Waals surface area contributed by atoms with Crippen molar-refractivity contribution in [2.24, 2.45) is 11.8 Å². The van der Waals surface area contributed by atoms with Crippen LogP contribution in [0.5, 0.6) is 0 Å². The number of sulfonamides is 1. The highest BCUT2D eigenvalue weighted by molar-refractivity contribution is 7.89. The van der Waals surface area contributed by atoms with Gasteiger partial charge in [-0.15, -0.1) is 0 Å². The van der Waals surface area contributed by atoms with E-state index in [-0.39, 0.29) is 27.3 Å². The van der Waals surface area contributed by atoms with E-state index in [0.717, 1.165) is 38.5 Å². The summed E-state index contributed by atoms with van der Waals surface area (Å²) in [5, 5.41) is 13.0. The molecule has 0 bridgehead atoms. The number of carbonyl (C=O) groups is 1. The van der Waals surface area contributed by atoms with Gasteiger partial charge in [0.25, 0.3) is 5.91 Å². The molecule has 1 saturated carbocycles. The van der Waals surface area contributed by atoms with Crippen molar-refractivity contribution in [1.82, 2.24) is 9.62 Å². The fraction of sp³-hybridized carbons (Fsp3) is 0.650. The Hall–Kier alpha value is -1.15. The average molecular weight is 429 g/mol. The third-order valence-corrected chi connectivity index (χ3v) is 8.17. The highest BCUT2D eigenvalue weighted by atomic mass is 35.5. The summed E-state index contributed by atoms with van der Waals surface area (Å²) in [5.74, 6) is -0.00311. The first-order valence-corrected chi connectivity index (χ1v) is 11.9. The fourth-order valence-corrected chi connectivity index (χ4v) is 6.20. The first kappa shape index (κ1) is 21.6. The first-order chi connectivity index (χ1) is 13.3. The number of amides is 1. The molecule has 1 amide bonds. The number of benzene rings is 1. The topological polar surface area (TPSA) is 86.7 Å². The Balaban J connectivity index is 1.74. The fourth-order valence-electron chi connectivity index (χ4n) is 4.10. The number of aliphatic hydroxyl groups is 1. The molecule has 1 aromatic rings. The smallest absolute Gasteiger partial charge is 0.251 e. The molecule has 0 unspecified atom stereocenters. The number of piperidine rings is 1. The molecular weight excluding hydrogens is 400 g/mol. The molecule has 0 aromatic heterocycles. The predicted octanol–water partition coefficient (Wildman–Crippen LogP) is 3.04. The summed E-state index contributed by atoms with van der Waals surface area (Å²) in [5.41, 5.74) is 0.262. The van der Waals surface area contributed by atoms with E-state index in [1.54, 1.807) is 0 Å². The van der Waals surface area contributed by atoms with Gasteiger partial charge < -0.3 is 10.4 Å². The van der Waals surface area contributed by atoms with Crippen LogP contribution in [0, 0.1) is 11.8 Å². The molecule has 3 rings (SSSR count). The van der Waals surface area contributed by atoms with E-state index >= 15 is 0 Å². The van der Waals surface area contributed by atoms with Gasteiger partial charge in [0.05, 0.1) is 11.1 Å². The van der Waals surface area contributed by atoms with Crippen LogP contribution in [-0.4, -0.2) is 49.5 Å². The third-order valence-electron chi connectivity index (χ3n) is 5.82. The van der Waals surface area contributed by atoms with E-state index in [9.17, 15) is 18.3 Å². The van der Waals surface area contributed by atoms with E-state index in [2.05, 4.69) is 5.32 Å². The molecule has 3 atom stereocenters. The number of aliphatic hydroxyl groups excluding tert-OH is 1. The highest BCUT2D eigenvalue weighted by Gasteiger charge is 2.31. The largest absolute Gasteiger partial charge is 0.393 e. The van der Waals surface area contributed by atoms with E-state index in [1.807, 2.05) is 6.92 Å². The minimum Gasteiger partial charge on any atom is -0.393 e. The summed E-state index contributed by atoms with van der Waals surface area (Å²) < 4.78 is 27.6. The third kappa shape index (κ3) is 4.87. The summed E-state index contributed by atoms with van der Waals surface area (Å²) in [6, 6.07) is 4.36. The van der Waals surface area contributed by atoms with Gasteiger partial charge in [-0.3, -0.25) is 4.79 Å². The quantitative estimate of drug-likeness (QED) is 0.754. The van der Waals surface area contributed by atoms with E-state index in [1.165, 1.54) is 22.5 Å². The van der Waals surface area contributed by atoms with Crippen molar-refractivity contribution in [3.8, 4) is 0 Å². The van der Waals surface area contributed by atoms with Gasteiger partial charge in [-0.1, -0.05) is 31.4 Å². The predicted molar refractivity (Wildman–Crippen MR) is 109 cm³/mol. The van der Waals surface area contributed by atoms with E-state index < -0.39 is 16.1 Å². The van der Waals surface area contributed by atoms with Gasteiger partial charge in [0.15, 0.2) is 0 Å². The molecule has 1 aliphatic carbocycles. The van der Waals surface area contributed by atoms with Gasteiger partial charge in [0, 0.05) is 31.1 Å². The number of carbonyl (C=O) groups excluding carboxylic acids is 1. The van der Waals surface area contributed by atoms with Crippen molar-refractivity contribution >= 4 is 27.5 Å². The minimum absolute atomic E-state index is 0.0198. The van der Waals surface area contributed by atoms with Crippen LogP contribution in [-0.2, 0) is 10.0 Å². The van der Waals surface area contributed by atoms with Crippen LogP contribution in [0.25, 0.3) is 0 Å². The second kappa shape index (κ2) is 9.11. The van der Waals surface area contributed by atoms with E-state index in [0.29, 0.717) is 25.6 Å². The molecular formula is C20H29ClN2O4S. The Morgan fingerprint density at radius 3 is 2.71 bits per heavy atom. The first-order valence-electron chi connectivity index (χ1n) is 10.0. The number of nitrogens with one attached hydrogen (secondary N) is 1. The maximum Gasteiger partial charge on any atom is 0.251 e. The normalized spacial score (nSPS) is 26.8. The average Bonchev–Trinajstić information content (AvgIpc) is 2.67. The molecule has 8 heteroatoms. The van der Waals surface area contributed by atoms with Crippen molar-refractivity contribution < 1.29 is 18.3 Å². The molecule has 0 radical (unpaired) electrons. The molecule has 2 N–H and O–H groups in total. The molecule has 2 aliphatic rings. The van der Waals surface area contributed by atoms with Gasteiger partial charge in [-0.25, -0.2) is 8.42 Å². The molecule has 1 aliphatic heterocycles. The minimum atomic E-state index is -3.74. The standard InChI is InChI=1S/C20H29ClN2O4S/c1-14-5-4-10-23(13-14)28(26,27)19-11-15(8-9-17(19)21)20(25)22-12-16-6-2-3-7-18(16)24/h8-9,11,14,16,18,24H,2-7,10,12-13H2,1H3,(H,22,25)/t14-,16+,18-/m1/s1. The number of hydrogen-bond acceptors (Lipinski definition) is 4. The maximum atomic E-state index is 13.1. The van der Waals surface area contributed by atoms with Crippen LogP contribution in [0.15, 0.2) is 23.1 Å². The van der Waals surface area contributed by atoms with Crippen molar-refractivity contribution in [3.05, 3.63) is 28.8 Å². The molecule has 1 aromatic carbocycles. The molecule has 2 fully saturated rings. The van der Waals surface area contributed by atoms with Crippen LogP contribution in [0.1, 0.15) is 55.8 Å². The zero-order chi connectivity index (χ0) is 20.3. The molecule has 0 spiro atoms. The van der Waals surface area contributed by atoms with Crippen molar-refractivity contribution in [2.45, 2.75) is 56.4 Å². The summed E-state index contributed by atoms with van der Waals surface area (Å²) in [6.07, 6.45) is 5.15. The van der Waals surface area contributed by atoms with Gasteiger partial charge >= 0.3 is 0 Å². The van der Waals surface area contributed by atoms with Crippen LogP contribution in [0.2, 0.25) is 5.02 Å². The Labute approximate surface area is 172 Å². The van der Waals surface area contributed by atoms with Crippen molar-refractivity contribution in [1.29, 1.82) is 0 Å². The van der Waals surface area contributed by atoms with Crippen LogP contribution >= 0.6 is 11.6 Å². The van der Waals surface area contributed by atoms with E-state index in [4.69, 9.17) is 11.6 Å². The Morgan fingerprint density at radius 2 is 2.00 bits per heavy atom. The van der Waals surface area contributed by atoms with Crippen LogP contribution in [0.3, 0.4) is 0 Å². The van der Waals surface area contributed by atoms with Gasteiger partial charge in [0.1, 0.15) is 4.90 Å². The Morgan fingerprint density at radius 1 is 1.25 bits per heavy atom. The zero-order valence-corrected chi connectivity index (χ0v) is 17.8. The van der Waals surface area contributed by atoms with Crippen LogP contribution < -0.4 is 5.32 Å². The summed E-state index contributed by atoms with van der Waals surface area (Å²) in [6.45, 7) is 3.36. The highest BCUT2D eigenvalue weighted by Crippen LogP contribution is 2.29. The second-order valence-electron chi connectivity index (χ2n) is 8.08. The second-order valence-corrected chi connectivity index (χ2v) is 10.4. The SMILES string of the molecule is C[C@@H]1CCCN(S(=O)(=O)c2cc(C(=O)NC[C@@H]3CCCC[C@H]3O)ccc2Cl)C1. The van der Waals surface area contributed by atoms with Gasteiger partial charge in [-0.05, 0) is 49.8 Å². The number of halogens is 1. The summed E-state index contributed by atoms with van der Waals surface area (Å²) in [7, 11) is -3.74. The zero-order valence-electron chi connectivity index (χ0n) is 16.2. The summed E-state index contributed by atoms with van der Waals surface area (Å²) in [4.78, 5) is 12.5. The maximum absolute atomic E-state index is 13.1. The summed E-state index contributed by atoms with van der Waals surface area (Å²) >= 11 is 6.19. The van der Waals surface area contributed by atoms with Gasteiger partial charge in [-0.2, -0.15) is 4.31 Å². The monoisotopic (exact) mass is 428 g/mol.